The number of benzene rings is 1. The minimum atomic E-state index is -1.42. The van der Waals surface area contributed by atoms with Crippen molar-refractivity contribution in [2.75, 3.05) is 0 Å². The lowest BCUT2D eigenvalue weighted by Gasteiger charge is -2.32. The lowest BCUT2D eigenvalue weighted by Crippen LogP contribution is -2.46. The Kier molecular flexibility index (Phi) is 6.86. The zero-order valence-corrected chi connectivity index (χ0v) is 18.6. The quantitative estimate of drug-likeness (QED) is 0.546. The highest BCUT2D eigenvalue weighted by Crippen LogP contribution is 2.28. The van der Waals surface area contributed by atoms with Crippen molar-refractivity contribution >= 4 is 35.0 Å². The van der Waals surface area contributed by atoms with Gasteiger partial charge in [0.05, 0.1) is 21.3 Å². The third kappa shape index (κ3) is 6.92. The van der Waals surface area contributed by atoms with Crippen LogP contribution in [0.3, 0.4) is 0 Å². The van der Waals surface area contributed by atoms with Crippen LogP contribution in [-0.4, -0.2) is 17.0 Å². The van der Waals surface area contributed by atoms with Gasteiger partial charge in [-0.15, -0.1) is 11.5 Å². The van der Waals surface area contributed by atoms with Crippen LogP contribution in [0.4, 0.5) is 0 Å². The van der Waals surface area contributed by atoms with Crippen molar-refractivity contribution in [1.29, 1.82) is 0 Å². The summed E-state index contributed by atoms with van der Waals surface area (Å²) >= 11 is 3.47. The summed E-state index contributed by atoms with van der Waals surface area (Å²) in [6, 6.07) is 8.16. The van der Waals surface area contributed by atoms with Gasteiger partial charge in [-0.2, -0.15) is 0 Å². The third-order valence-electron chi connectivity index (χ3n) is 3.26. The molecule has 0 fully saturated rings. The fraction of sp³-hybridized carbons (Fsp3) is 0.556. The molecule has 1 aromatic rings. The van der Waals surface area contributed by atoms with E-state index in [0.717, 1.165) is 10.0 Å². The third-order valence-corrected chi connectivity index (χ3v) is 6.46. The van der Waals surface area contributed by atoms with Crippen LogP contribution in [0.2, 0.25) is 19.6 Å². The summed E-state index contributed by atoms with van der Waals surface area (Å²) in [7, 11) is -2.57. The molecule has 2 nitrogen and oxygen atoms in total. The number of nitrogens with one attached hydrogen (secondary N) is 1. The van der Waals surface area contributed by atoms with E-state index >= 15 is 0 Å². The van der Waals surface area contributed by atoms with E-state index in [1.165, 1.54) is 0 Å². The molecule has 0 unspecified atom stereocenters. The number of rotatable bonds is 4. The first-order valence-corrected chi connectivity index (χ1v) is 13.2. The Labute approximate surface area is 153 Å². The van der Waals surface area contributed by atoms with E-state index in [9.17, 15) is 4.21 Å². The van der Waals surface area contributed by atoms with Crippen molar-refractivity contribution < 1.29 is 4.21 Å². The highest BCUT2D eigenvalue weighted by molar-refractivity contribution is 9.10. The molecule has 2 atom stereocenters. The summed E-state index contributed by atoms with van der Waals surface area (Å²) in [4.78, 5) is 0. The van der Waals surface area contributed by atoms with Gasteiger partial charge in [0.1, 0.15) is 8.07 Å². The molecule has 0 aliphatic heterocycles. The van der Waals surface area contributed by atoms with Gasteiger partial charge in [-0.1, -0.05) is 47.7 Å². The second kappa shape index (κ2) is 7.65. The molecule has 0 bridgehead atoms. The molecule has 0 aliphatic carbocycles. The maximum absolute atomic E-state index is 12.6. The summed E-state index contributed by atoms with van der Waals surface area (Å²) in [5, 5.41) is 0. The van der Waals surface area contributed by atoms with Crippen LogP contribution in [0.5, 0.6) is 0 Å². The molecule has 0 amide bonds. The second-order valence-corrected chi connectivity index (χ2v) is 15.7. The fourth-order valence-corrected chi connectivity index (χ4v) is 3.65. The van der Waals surface area contributed by atoms with E-state index in [2.05, 4.69) is 70.8 Å². The Hall–Kier alpha value is -0.413. The summed E-state index contributed by atoms with van der Waals surface area (Å²) in [6.45, 7) is 14.7. The molecule has 1 aromatic carbocycles. The van der Waals surface area contributed by atoms with Gasteiger partial charge in [-0.3, -0.25) is 0 Å². The maximum atomic E-state index is 12.6. The van der Waals surface area contributed by atoms with Crippen LogP contribution < -0.4 is 4.72 Å². The molecule has 0 heterocycles. The van der Waals surface area contributed by atoms with E-state index in [0.29, 0.717) is 6.42 Å². The van der Waals surface area contributed by atoms with Crippen LogP contribution in [-0.2, 0) is 16.5 Å². The van der Waals surface area contributed by atoms with E-state index < -0.39 is 24.6 Å². The first-order valence-electron chi connectivity index (χ1n) is 7.79. The smallest absolute Gasteiger partial charge is 0.129 e. The minimum absolute atomic E-state index is 0.317. The van der Waals surface area contributed by atoms with Gasteiger partial charge in [0.2, 0.25) is 0 Å². The van der Waals surface area contributed by atoms with Gasteiger partial charge < -0.3 is 0 Å². The molecule has 128 valence electrons. The summed E-state index contributed by atoms with van der Waals surface area (Å²) < 4.78 is 16.7. The Morgan fingerprint density at radius 3 is 2.09 bits per heavy atom. The van der Waals surface area contributed by atoms with Crippen molar-refractivity contribution in [2.45, 2.75) is 64.0 Å². The van der Waals surface area contributed by atoms with E-state index in [4.69, 9.17) is 0 Å². The minimum Gasteiger partial charge on any atom is -0.242 e. The molecule has 0 aromatic heterocycles. The average Bonchev–Trinajstić information content (AvgIpc) is 2.36. The fourth-order valence-electron chi connectivity index (χ4n) is 1.86. The van der Waals surface area contributed by atoms with Crippen molar-refractivity contribution in [3.05, 3.63) is 34.3 Å². The Bertz CT molecular complexity index is 620. The van der Waals surface area contributed by atoms with Gasteiger partial charge in [-0.25, -0.2) is 8.93 Å². The van der Waals surface area contributed by atoms with Crippen LogP contribution in [0.15, 0.2) is 28.7 Å². The van der Waals surface area contributed by atoms with E-state index in [1.807, 2.05) is 32.9 Å². The molecule has 5 heteroatoms. The zero-order chi connectivity index (χ0) is 17.9. The highest BCUT2D eigenvalue weighted by Gasteiger charge is 2.32. The molecule has 0 saturated heterocycles. The maximum Gasteiger partial charge on any atom is 0.129 e. The molecular formula is C18H28BrNOSSi. The Morgan fingerprint density at radius 1 is 1.13 bits per heavy atom. The van der Waals surface area contributed by atoms with Crippen molar-refractivity contribution in [2.24, 2.45) is 0 Å². The summed E-state index contributed by atoms with van der Waals surface area (Å²) in [6.07, 6.45) is 0.640. The summed E-state index contributed by atoms with van der Waals surface area (Å²) in [5.41, 5.74) is 4.07. The SMILES string of the molecule is CC(C)(C)[S@](=O)N[C@@](C)(CC#C[Si](C)(C)C)c1ccc(Br)cc1. The largest absolute Gasteiger partial charge is 0.242 e. The predicted molar refractivity (Wildman–Crippen MR) is 108 cm³/mol. The van der Waals surface area contributed by atoms with Crippen LogP contribution in [0.25, 0.3) is 0 Å². The van der Waals surface area contributed by atoms with Gasteiger partial charge in [-0.05, 0) is 45.4 Å². The Morgan fingerprint density at radius 2 is 1.65 bits per heavy atom. The number of hydrogen-bond acceptors (Lipinski definition) is 1. The lowest BCUT2D eigenvalue weighted by atomic mass is 9.90. The number of halogens is 1. The lowest BCUT2D eigenvalue weighted by molar-refractivity contribution is 0.452. The van der Waals surface area contributed by atoms with Crippen LogP contribution >= 0.6 is 15.9 Å². The molecule has 1 rings (SSSR count). The van der Waals surface area contributed by atoms with Gasteiger partial charge in [0.15, 0.2) is 0 Å². The topological polar surface area (TPSA) is 29.1 Å². The van der Waals surface area contributed by atoms with Gasteiger partial charge in [0, 0.05) is 10.9 Å². The highest BCUT2D eigenvalue weighted by atomic mass is 79.9. The van der Waals surface area contributed by atoms with E-state index in [1.54, 1.807) is 0 Å². The van der Waals surface area contributed by atoms with Crippen molar-refractivity contribution in [1.82, 2.24) is 4.72 Å². The normalized spacial score (nSPS) is 16.2. The molecule has 0 radical (unpaired) electrons. The molecular weight excluding hydrogens is 386 g/mol. The monoisotopic (exact) mass is 413 g/mol. The first kappa shape index (κ1) is 20.6. The molecule has 0 saturated carbocycles. The van der Waals surface area contributed by atoms with Gasteiger partial charge in [0.25, 0.3) is 0 Å². The summed E-state index contributed by atoms with van der Waals surface area (Å²) in [5.74, 6) is 3.34. The van der Waals surface area contributed by atoms with E-state index in [-0.39, 0.29) is 4.75 Å². The first-order chi connectivity index (χ1) is 10.3. The molecule has 0 spiro atoms. The molecule has 23 heavy (non-hydrogen) atoms. The second-order valence-electron chi connectivity index (χ2n) is 8.05. The Balaban J connectivity index is 3.16. The van der Waals surface area contributed by atoms with Crippen molar-refractivity contribution in [3.8, 4) is 11.5 Å². The van der Waals surface area contributed by atoms with Gasteiger partial charge >= 0.3 is 0 Å². The molecule has 0 aliphatic rings. The van der Waals surface area contributed by atoms with Crippen LogP contribution in [0.1, 0.15) is 39.7 Å². The van der Waals surface area contributed by atoms with Crippen LogP contribution in [0, 0.1) is 11.5 Å². The average molecular weight is 414 g/mol. The molecule has 1 N–H and O–H groups in total. The standard InChI is InChI=1S/C18H28BrNOSSi/c1-17(2,3)22(21)20-18(4,13-8-14-23(5,6)7)15-9-11-16(19)12-10-15/h9-12,20H,13H2,1-7H3/t18-,22-/m0/s1. The number of hydrogen-bond donors (Lipinski definition) is 1. The van der Waals surface area contributed by atoms with Crippen molar-refractivity contribution in [3.63, 3.8) is 0 Å². The predicted octanol–water partition coefficient (Wildman–Crippen LogP) is 4.99. The zero-order valence-electron chi connectivity index (χ0n) is 15.2.